The summed E-state index contributed by atoms with van der Waals surface area (Å²) < 4.78 is 30.7. The van der Waals surface area contributed by atoms with Crippen molar-refractivity contribution in [3.63, 3.8) is 0 Å². The predicted molar refractivity (Wildman–Crippen MR) is 225 cm³/mol. The first-order chi connectivity index (χ1) is 30.4. The molecule has 1 heterocycles. The van der Waals surface area contributed by atoms with E-state index in [1.165, 1.54) is 37.5 Å². The Hall–Kier alpha value is -4.99. The Kier molecular flexibility index (Phi) is 25.1. The van der Waals surface area contributed by atoms with Gasteiger partial charge in [0.25, 0.3) is 5.76 Å². The second-order valence-corrected chi connectivity index (χ2v) is 18.1. The maximum Gasteiger partial charge on any atom is 0.395 e. The molecule has 0 aromatic rings. The van der Waals surface area contributed by atoms with Crippen LogP contribution in [0.15, 0.2) is 11.5 Å². The number of hydrogen-bond donors (Lipinski definition) is 13. The Morgan fingerprint density at radius 3 is 1.66 bits per heavy atom. The van der Waals surface area contributed by atoms with Gasteiger partial charge in [0, 0.05) is 6.42 Å². The van der Waals surface area contributed by atoms with E-state index in [0.29, 0.717) is 12.8 Å². The van der Waals surface area contributed by atoms with Gasteiger partial charge in [-0.05, 0) is 93.7 Å². The van der Waals surface area contributed by atoms with Crippen LogP contribution in [0.25, 0.3) is 0 Å². The highest BCUT2D eigenvalue weighted by molar-refractivity contribution is 7.54. The number of carboxylic acid groups (broad SMARTS) is 1. The van der Waals surface area contributed by atoms with Crippen LogP contribution in [0.2, 0.25) is 0 Å². The molecule has 1 rings (SSSR count). The number of esters is 2. The third kappa shape index (κ3) is 18.4. The first-order valence-electron chi connectivity index (χ1n) is 20.6. The lowest BCUT2D eigenvalue weighted by molar-refractivity contribution is -0.155. The number of aliphatic carboxylic acids is 1. The molecule has 15 N–H and O–H groups in total. The maximum atomic E-state index is 13.5. The van der Waals surface area contributed by atoms with Crippen LogP contribution in [-0.4, -0.2) is 197 Å². The minimum Gasteiger partial charge on any atom is -0.505 e. The molecule has 0 aromatic carbocycles. The summed E-state index contributed by atoms with van der Waals surface area (Å²) in [7, 11) is 1.77. The van der Waals surface area contributed by atoms with Crippen molar-refractivity contribution in [1.82, 2.24) is 35.9 Å². The van der Waals surface area contributed by atoms with Gasteiger partial charge in [-0.1, -0.05) is 0 Å². The van der Waals surface area contributed by atoms with E-state index < -0.39 is 147 Å². The van der Waals surface area contributed by atoms with Gasteiger partial charge in [-0.3, -0.25) is 28.8 Å². The molecule has 9 atom stereocenters. The van der Waals surface area contributed by atoms with Gasteiger partial charge in [0.2, 0.25) is 29.5 Å². The van der Waals surface area contributed by atoms with Crippen LogP contribution in [0.3, 0.4) is 0 Å². The third-order valence-corrected chi connectivity index (χ3v) is 12.0. The highest BCUT2D eigenvalue weighted by atomic mass is 31.2. The number of nitrogens with two attached hydrogens (primary N) is 2. The smallest absolute Gasteiger partial charge is 0.395 e. The quantitative estimate of drug-likeness (QED) is 0.0176. The number of aliphatic hydroxyl groups excluding tert-OH is 5. The molecule has 0 spiro atoms. The fourth-order valence-electron chi connectivity index (χ4n) is 5.81. The SMILES string of the molecule is CC(O)C(NC(=O)C(CCCCN)NC(=O)CCC(=O)OCC(O)C1OC(=O)C(OP(=O)(N(C)C)N(C)C)=C1O)C(=O)NC(C(=O)NC(CCCCN)C(=O)NC(CO)C(=O)O)C(C)O. The molecule has 0 bridgehead atoms. The molecule has 0 radical (unpaired) electrons. The highest BCUT2D eigenvalue weighted by Crippen LogP contribution is 2.53. The number of rotatable bonds is 31. The number of amides is 5. The average molecular weight is 956 g/mol. The van der Waals surface area contributed by atoms with Crippen LogP contribution in [0.5, 0.6) is 0 Å². The van der Waals surface area contributed by atoms with Gasteiger partial charge < -0.3 is 82.7 Å². The van der Waals surface area contributed by atoms with Gasteiger partial charge in [0.1, 0.15) is 42.9 Å². The number of carbonyl (C=O) groups is 8. The Morgan fingerprint density at radius 2 is 1.20 bits per heavy atom. The summed E-state index contributed by atoms with van der Waals surface area (Å²) >= 11 is 0. The summed E-state index contributed by atoms with van der Waals surface area (Å²) in [6, 6.07) is -8.06. The van der Waals surface area contributed by atoms with E-state index in [4.69, 9.17) is 25.5 Å². The first-order valence-corrected chi connectivity index (χ1v) is 22.1. The number of cyclic esters (lactones) is 1. The topological polar surface area (TPSA) is 421 Å². The van der Waals surface area contributed by atoms with Gasteiger partial charge in [0.05, 0.1) is 25.2 Å². The van der Waals surface area contributed by atoms with Crippen LogP contribution in [-0.2, 0) is 56.9 Å². The largest absolute Gasteiger partial charge is 0.505 e. The second kappa shape index (κ2) is 28.1. The minimum absolute atomic E-state index is 0.0355. The molecule has 27 nitrogen and oxygen atoms in total. The molecule has 0 saturated heterocycles. The second-order valence-electron chi connectivity index (χ2n) is 15.4. The Labute approximate surface area is 375 Å². The van der Waals surface area contributed by atoms with Crippen molar-refractivity contribution < 1.29 is 87.6 Å². The molecule has 5 amide bonds. The molecule has 0 saturated carbocycles. The van der Waals surface area contributed by atoms with Gasteiger partial charge in [-0.25, -0.2) is 23.5 Å². The Morgan fingerprint density at radius 1 is 0.738 bits per heavy atom. The molecule has 0 fully saturated rings. The molecule has 0 aromatic heterocycles. The lowest BCUT2D eigenvalue weighted by Crippen LogP contribution is -2.62. The van der Waals surface area contributed by atoms with E-state index >= 15 is 0 Å². The number of aliphatic hydroxyl groups is 5. The van der Waals surface area contributed by atoms with E-state index in [0.717, 1.165) is 13.8 Å². The van der Waals surface area contributed by atoms with E-state index in [1.807, 2.05) is 0 Å². The summed E-state index contributed by atoms with van der Waals surface area (Å²) in [6.07, 6.45) is -6.69. The number of carbonyl (C=O) groups excluding carboxylic acids is 7. The normalized spacial score (nSPS) is 17.7. The van der Waals surface area contributed by atoms with Gasteiger partial charge in [0.15, 0.2) is 11.9 Å². The van der Waals surface area contributed by atoms with Crippen molar-refractivity contribution in [3.05, 3.63) is 11.5 Å². The molecule has 1 aliphatic rings. The average Bonchev–Trinajstić information content (AvgIpc) is 3.51. The number of unbranched alkanes of at least 4 members (excludes halogenated alkanes) is 2. The van der Waals surface area contributed by atoms with Crippen LogP contribution < -0.4 is 38.1 Å². The fourth-order valence-corrected chi connectivity index (χ4v) is 7.26. The van der Waals surface area contributed by atoms with Crippen LogP contribution >= 0.6 is 7.67 Å². The first kappa shape index (κ1) is 58.0. The van der Waals surface area contributed by atoms with Gasteiger partial charge in [-0.15, -0.1) is 0 Å². The lowest BCUT2D eigenvalue weighted by atomic mass is 10.0. The molecule has 1 aliphatic heterocycles. The van der Waals surface area contributed by atoms with Gasteiger partial charge >= 0.3 is 25.6 Å². The molecular weight excluding hydrogens is 889 g/mol. The third-order valence-electron chi connectivity index (χ3n) is 9.56. The van der Waals surface area contributed by atoms with E-state index in [2.05, 4.69) is 26.6 Å². The summed E-state index contributed by atoms with van der Waals surface area (Å²) in [6.45, 7) is 0.894. The Balaban J connectivity index is 3.02. The van der Waals surface area contributed by atoms with Crippen molar-refractivity contribution in [2.45, 2.75) is 120 Å². The van der Waals surface area contributed by atoms with Crippen LogP contribution in [0.1, 0.15) is 65.2 Å². The molecule has 0 aliphatic carbocycles. The van der Waals surface area contributed by atoms with Crippen LogP contribution in [0, 0.1) is 0 Å². The van der Waals surface area contributed by atoms with E-state index in [1.54, 1.807) is 0 Å². The van der Waals surface area contributed by atoms with E-state index in [-0.39, 0.29) is 38.8 Å². The zero-order valence-corrected chi connectivity index (χ0v) is 38.2. The summed E-state index contributed by atoms with van der Waals surface area (Å²) in [5, 5.41) is 71.9. The van der Waals surface area contributed by atoms with Crippen molar-refractivity contribution in [1.29, 1.82) is 0 Å². The number of nitrogens with one attached hydrogen (secondary N) is 5. The number of carboxylic acids is 1. The maximum absolute atomic E-state index is 13.5. The van der Waals surface area contributed by atoms with Crippen molar-refractivity contribution in [2.75, 3.05) is 54.5 Å². The molecular formula is C37H66N9O18P. The van der Waals surface area contributed by atoms with Gasteiger partial charge in [-0.2, -0.15) is 0 Å². The molecule has 9 unspecified atom stereocenters. The Bertz CT molecular complexity index is 1720. The number of hydrogen-bond acceptors (Lipinski definition) is 19. The van der Waals surface area contributed by atoms with E-state index in [9.17, 15) is 73.6 Å². The summed E-state index contributed by atoms with van der Waals surface area (Å²) in [5.74, 6) is -10.7. The minimum atomic E-state index is -3.83. The van der Waals surface area contributed by atoms with Crippen molar-refractivity contribution >= 4 is 55.1 Å². The molecule has 28 heteroatoms. The van der Waals surface area contributed by atoms with Crippen LogP contribution in [0.4, 0.5) is 0 Å². The summed E-state index contributed by atoms with van der Waals surface area (Å²) in [4.78, 5) is 102. The number of nitrogens with zero attached hydrogens (tertiary/aromatic N) is 2. The summed E-state index contributed by atoms with van der Waals surface area (Å²) in [5.41, 5.74) is 11.1. The predicted octanol–water partition coefficient (Wildman–Crippen LogP) is -4.87. The van der Waals surface area contributed by atoms with Crippen molar-refractivity contribution in [3.8, 4) is 0 Å². The van der Waals surface area contributed by atoms with Crippen molar-refractivity contribution in [2.24, 2.45) is 11.5 Å². The number of ether oxygens (including phenoxy) is 2. The zero-order chi connectivity index (χ0) is 49.8. The fraction of sp³-hybridized carbons (Fsp3) is 0.730. The molecule has 372 valence electrons. The monoisotopic (exact) mass is 955 g/mol. The molecule has 65 heavy (non-hydrogen) atoms. The standard InChI is InChI=1S/C37H66N9O18P/c1-19(48)27(34(56)41-22(12-8-10-16-39)32(54)42-23(17-47)36(58)59)44-35(57)28(20(2)49)43-33(55)21(11-7-9-15-38)40-25(51)13-14-26(52)62-18-24(50)30-29(53)31(37(60)63-30)64-65(61,45(3)4)46(5)6/h19-24,27-28,30,47-50,53H,7-18,38-39H2,1-6H3,(H,40,51)(H,41,56)(H,42,54)(H,43,55)(H,44,57)(H,58,59). The highest BCUT2D eigenvalue weighted by Gasteiger charge is 2.45. The zero-order valence-electron chi connectivity index (χ0n) is 37.3. The lowest BCUT2D eigenvalue weighted by Gasteiger charge is -2.29.